The van der Waals surface area contributed by atoms with Gasteiger partial charge in [0.2, 0.25) is 0 Å². The van der Waals surface area contributed by atoms with Crippen LogP contribution in [0.3, 0.4) is 0 Å². The molecule has 10 nitrogen and oxygen atoms in total. The Morgan fingerprint density at radius 3 is 2.65 bits per heavy atom. The quantitative estimate of drug-likeness (QED) is 0.424. The highest BCUT2D eigenvalue weighted by atomic mass is 16.5. The fourth-order valence-corrected chi connectivity index (χ4v) is 4.37. The van der Waals surface area contributed by atoms with E-state index in [4.69, 9.17) is 20.6 Å². The van der Waals surface area contributed by atoms with Gasteiger partial charge in [0, 0.05) is 55.7 Å². The molecule has 0 radical (unpaired) electrons. The molecular weight excluding hydrogens is 434 g/mol. The number of carbonyl (C=O) groups excluding carboxylic acids is 1. The van der Waals surface area contributed by atoms with Crippen molar-refractivity contribution in [3.63, 3.8) is 0 Å². The summed E-state index contributed by atoms with van der Waals surface area (Å²) in [6, 6.07) is 6.22. The van der Waals surface area contributed by atoms with Crippen LogP contribution in [0.15, 0.2) is 36.8 Å². The van der Waals surface area contributed by atoms with Crippen molar-refractivity contribution in [2.45, 2.75) is 44.2 Å². The number of aliphatic hydroxyl groups excluding tert-OH is 1. The van der Waals surface area contributed by atoms with Gasteiger partial charge in [-0.1, -0.05) is 0 Å². The van der Waals surface area contributed by atoms with Gasteiger partial charge in [0.15, 0.2) is 5.65 Å². The minimum atomic E-state index is -0.557. The normalized spacial score (nSPS) is 16.8. The molecule has 0 unspecified atom stereocenters. The maximum absolute atomic E-state index is 11.8. The molecule has 4 aromatic rings. The lowest BCUT2D eigenvalue weighted by Gasteiger charge is -2.24. The number of aliphatic hydroxyl groups is 1. The third-order valence-electron chi connectivity index (χ3n) is 6.52. The molecule has 1 saturated heterocycles. The summed E-state index contributed by atoms with van der Waals surface area (Å²) in [4.78, 5) is 21.2. The molecule has 4 N–H and O–H groups in total. The zero-order valence-corrected chi connectivity index (χ0v) is 19.1. The minimum Gasteiger partial charge on any atom is -0.393 e. The molecule has 178 valence electrons. The number of amides is 1. The van der Waals surface area contributed by atoms with Crippen LogP contribution in [0.5, 0.6) is 0 Å². The molecule has 6 rings (SSSR count). The second-order valence-corrected chi connectivity index (χ2v) is 8.69. The highest BCUT2D eigenvalue weighted by molar-refractivity contribution is 6.00. The number of rotatable bonds is 4. The van der Waals surface area contributed by atoms with Crippen LogP contribution in [0.2, 0.25) is 0 Å². The molecule has 34 heavy (non-hydrogen) atoms. The van der Waals surface area contributed by atoms with E-state index >= 15 is 0 Å². The van der Waals surface area contributed by atoms with Gasteiger partial charge in [0.1, 0.15) is 17.0 Å². The summed E-state index contributed by atoms with van der Waals surface area (Å²) in [5.74, 6) is 0.159. The summed E-state index contributed by atoms with van der Waals surface area (Å²) < 4.78 is 9.33. The van der Waals surface area contributed by atoms with Crippen molar-refractivity contribution in [3.8, 4) is 11.3 Å². The molecule has 0 atom stereocenters. The van der Waals surface area contributed by atoms with Crippen LogP contribution in [0.1, 0.15) is 48.5 Å². The number of nitrogens with one attached hydrogen (secondary N) is 1. The lowest BCUT2D eigenvalue weighted by molar-refractivity contribution is 0.0706. The number of aromatic nitrogens is 5. The van der Waals surface area contributed by atoms with Gasteiger partial charge >= 0.3 is 0 Å². The van der Waals surface area contributed by atoms with Crippen molar-refractivity contribution in [3.05, 3.63) is 42.4 Å². The van der Waals surface area contributed by atoms with Gasteiger partial charge in [-0.3, -0.25) is 4.79 Å². The Balaban J connectivity index is 0.000000429. The second kappa shape index (κ2) is 9.40. The average Bonchev–Trinajstić information content (AvgIpc) is 3.45. The SMILES string of the molecule is CNc1cc(-c2cn(C3CCOCC3)c3ncccc23)nc2c(C(N)=O)cnn12.OC1CCC1. The smallest absolute Gasteiger partial charge is 0.254 e. The van der Waals surface area contributed by atoms with Gasteiger partial charge in [-0.05, 0) is 44.2 Å². The van der Waals surface area contributed by atoms with E-state index in [-0.39, 0.29) is 11.7 Å². The first-order valence-corrected chi connectivity index (χ1v) is 11.6. The number of hydrogen-bond donors (Lipinski definition) is 3. The predicted molar refractivity (Wildman–Crippen MR) is 129 cm³/mol. The minimum absolute atomic E-state index is 0.0648. The topological polar surface area (TPSA) is 133 Å². The fourth-order valence-electron chi connectivity index (χ4n) is 4.37. The molecule has 5 heterocycles. The summed E-state index contributed by atoms with van der Waals surface area (Å²) in [5.41, 5.74) is 8.84. The Labute approximate surface area is 196 Å². The Bertz CT molecular complexity index is 1320. The maximum atomic E-state index is 11.8. The van der Waals surface area contributed by atoms with Crippen LogP contribution in [0.25, 0.3) is 27.9 Å². The standard InChI is InChI=1S/C20H21N7O2.C4H8O/c1-22-17-9-16(25-20-14(18(21)28)10-24-27(17)20)15-11-26(12-4-7-29-8-5-12)19-13(15)3-2-6-23-19;5-4-2-1-3-4/h2-3,6,9-12,22H,4-5,7-8H2,1H3,(H2,21,28);4-5H,1-3H2. The first kappa shape index (κ1) is 22.3. The number of anilines is 1. The molecule has 1 aliphatic heterocycles. The number of hydrogen-bond acceptors (Lipinski definition) is 7. The first-order valence-electron chi connectivity index (χ1n) is 11.6. The van der Waals surface area contributed by atoms with Crippen molar-refractivity contribution in [2.75, 3.05) is 25.6 Å². The number of carbonyl (C=O) groups is 1. The summed E-state index contributed by atoms with van der Waals surface area (Å²) >= 11 is 0. The van der Waals surface area contributed by atoms with E-state index in [1.807, 2.05) is 18.2 Å². The van der Waals surface area contributed by atoms with E-state index in [9.17, 15) is 4.79 Å². The zero-order valence-electron chi connectivity index (χ0n) is 19.1. The third-order valence-corrected chi connectivity index (χ3v) is 6.52. The lowest BCUT2D eigenvalue weighted by atomic mass is 9.97. The molecule has 10 heteroatoms. The van der Waals surface area contributed by atoms with Crippen LogP contribution >= 0.6 is 0 Å². The molecular formula is C24H29N7O3. The number of ether oxygens (including phenoxy) is 1. The van der Waals surface area contributed by atoms with Crippen molar-refractivity contribution in [1.82, 2.24) is 24.1 Å². The largest absolute Gasteiger partial charge is 0.393 e. The molecule has 2 fully saturated rings. The maximum Gasteiger partial charge on any atom is 0.254 e. The Hall–Kier alpha value is -3.50. The van der Waals surface area contributed by atoms with E-state index in [1.165, 1.54) is 12.6 Å². The van der Waals surface area contributed by atoms with Gasteiger partial charge in [0.05, 0.1) is 18.0 Å². The molecule has 1 aliphatic carbocycles. The predicted octanol–water partition coefficient (Wildman–Crippen LogP) is 2.77. The van der Waals surface area contributed by atoms with Crippen LogP contribution in [-0.2, 0) is 4.74 Å². The number of fused-ring (bicyclic) bond motifs is 2. The zero-order chi connectivity index (χ0) is 23.7. The van der Waals surface area contributed by atoms with Gasteiger partial charge in [0.25, 0.3) is 5.91 Å². The van der Waals surface area contributed by atoms with E-state index < -0.39 is 5.91 Å². The molecule has 2 aliphatic rings. The molecule has 1 amide bonds. The van der Waals surface area contributed by atoms with Crippen LogP contribution in [0.4, 0.5) is 5.82 Å². The van der Waals surface area contributed by atoms with Gasteiger partial charge in [-0.25, -0.2) is 9.97 Å². The van der Waals surface area contributed by atoms with Crippen molar-refractivity contribution in [1.29, 1.82) is 0 Å². The van der Waals surface area contributed by atoms with Crippen molar-refractivity contribution < 1.29 is 14.6 Å². The molecule has 0 aromatic carbocycles. The van der Waals surface area contributed by atoms with Gasteiger partial charge in [-0.15, -0.1) is 0 Å². The number of pyridine rings is 1. The average molecular weight is 464 g/mol. The summed E-state index contributed by atoms with van der Waals surface area (Å²) in [6.45, 7) is 1.50. The van der Waals surface area contributed by atoms with Crippen molar-refractivity contribution in [2.24, 2.45) is 5.73 Å². The molecule has 0 spiro atoms. The Morgan fingerprint density at radius 1 is 1.24 bits per heavy atom. The van der Waals surface area contributed by atoms with E-state index in [0.29, 0.717) is 17.5 Å². The fraction of sp³-hybridized carbons (Fsp3) is 0.417. The number of nitrogens with two attached hydrogens (primary N) is 1. The highest BCUT2D eigenvalue weighted by Gasteiger charge is 2.22. The van der Waals surface area contributed by atoms with Gasteiger partial charge in [-0.2, -0.15) is 9.61 Å². The number of primary amides is 1. The number of nitrogens with zero attached hydrogens (tertiary/aromatic N) is 5. The first-order chi connectivity index (χ1) is 16.6. The van der Waals surface area contributed by atoms with E-state index in [1.54, 1.807) is 17.8 Å². The summed E-state index contributed by atoms with van der Waals surface area (Å²) in [6.07, 6.45) is 10.6. The molecule has 0 bridgehead atoms. The van der Waals surface area contributed by atoms with Crippen LogP contribution in [0, 0.1) is 0 Å². The third kappa shape index (κ3) is 4.10. The van der Waals surface area contributed by atoms with Gasteiger partial charge < -0.3 is 25.5 Å². The Morgan fingerprint density at radius 2 is 2.00 bits per heavy atom. The van der Waals surface area contributed by atoms with E-state index in [2.05, 4.69) is 26.2 Å². The molecule has 1 saturated carbocycles. The molecule has 4 aromatic heterocycles. The summed E-state index contributed by atoms with van der Waals surface area (Å²) in [7, 11) is 1.80. The monoisotopic (exact) mass is 463 g/mol. The second-order valence-electron chi connectivity index (χ2n) is 8.69. The Kier molecular flexibility index (Phi) is 6.16. The van der Waals surface area contributed by atoms with Crippen molar-refractivity contribution >= 4 is 28.4 Å². The summed E-state index contributed by atoms with van der Waals surface area (Å²) in [5, 5.41) is 16.8. The van der Waals surface area contributed by atoms with E-state index in [0.717, 1.165) is 61.2 Å². The van der Waals surface area contributed by atoms with Crippen LogP contribution < -0.4 is 11.1 Å². The van der Waals surface area contributed by atoms with Crippen LogP contribution in [-0.4, -0.2) is 61.5 Å². The highest BCUT2D eigenvalue weighted by Crippen LogP contribution is 2.34. The lowest BCUT2D eigenvalue weighted by Crippen LogP contribution is -2.19.